The Morgan fingerprint density at radius 2 is 2.09 bits per heavy atom. The Balaban J connectivity index is 4.02. The first-order valence-electron chi connectivity index (χ1n) is 3.75. The summed E-state index contributed by atoms with van der Waals surface area (Å²) in [4.78, 5) is 11.0. The monoisotopic (exact) mass is 162 g/mol. The molecule has 0 heterocycles. The minimum Gasteiger partial charge on any atom is -0.431 e. The molecule has 3 heteroatoms. The first-order valence-corrected chi connectivity index (χ1v) is 3.75. The van der Waals surface area contributed by atoms with Crippen molar-refractivity contribution in [1.29, 1.82) is 0 Å². The van der Waals surface area contributed by atoms with Crippen molar-refractivity contribution < 1.29 is 13.9 Å². The van der Waals surface area contributed by atoms with Gasteiger partial charge in [-0.05, 0) is 20.3 Å². The van der Waals surface area contributed by atoms with E-state index < -0.39 is 17.7 Å². The van der Waals surface area contributed by atoms with Crippen LogP contribution in [0.25, 0.3) is 0 Å². The van der Waals surface area contributed by atoms with Gasteiger partial charge in [0.2, 0.25) is 6.36 Å². The summed E-state index contributed by atoms with van der Waals surface area (Å²) in [7, 11) is 0. The minimum atomic E-state index is -1.51. The third kappa shape index (κ3) is 3.35. The highest BCUT2D eigenvalue weighted by molar-refractivity contribution is 5.75. The van der Waals surface area contributed by atoms with Crippen LogP contribution in [-0.4, -0.2) is 12.3 Å². The SMILES string of the molecule is CCC(C)(C)C(=O)OC(C)F. The van der Waals surface area contributed by atoms with E-state index in [1.807, 2.05) is 6.92 Å². The minimum absolute atomic E-state index is 0.477. The van der Waals surface area contributed by atoms with Crippen LogP contribution in [0.1, 0.15) is 34.1 Å². The van der Waals surface area contributed by atoms with Crippen molar-refractivity contribution in [3.63, 3.8) is 0 Å². The normalized spacial score (nSPS) is 14.3. The fourth-order valence-electron chi connectivity index (χ4n) is 0.451. The van der Waals surface area contributed by atoms with Crippen molar-refractivity contribution >= 4 is 5.97 Å². The van der Waals surface area contributed by atoms with E-state index in [1.165, 1.54) is 6.92 Å². The molecule has 0 fully saturated rings. The Labute approximate surface area is 66.7 Å². The van der Waals surface area contributed by atoms with E-state index in [-0.39, 0.29) is 0 Å². The highest BCUT2D eigenvalue weighted by Gasteiger charge is 2.28. The van der Waals surface area contributed by atoms with Crippen molar-refractivity contribution in [2.24, 2.45) is 5.41 Å². The second kappa shape index (κ2) is 3.69. The predicted molar refractivity (Wildman–Crippen MR) is 40.7 cm³/mol. The average molecular weight is 162 g/mol. The highest BCUT2D eigenvalue weighted by atomic mass is 19.1. The summed E-state index contributed by atoms with van der Waals surface area (Å²) in [5.41, 5.74) is -0.569. The molecule has 0 spiro atoms. The Hall–Kier alpha value is -0.600. The van der Waals surface area contributed by atoms with E-state index in [1.54, 1.807) is 13.8 Å². The summed E-state index contributed by atoms with van der Waals surface area (Å²) >= 11 is 0. The molecule has 0 saturated heterocycles. The van der Waals surface area contributed by atoms with Crippen molar-refractivity contribution in [1.82, 2.24) is 0 Å². The third-order valence-corrected chi connectivity index (χ3v) is 1.71. The first-order chi connectivity index (χ1) is 4.90. The predicted octanol–water partition coefficient (Wildman–Crippen LogP) is 2.28. The van der Waals surface area contributed by atoms with Crippen LogP contribution in [0.15, 0.2) is 0 Å². The molecule has 0 aliphatic heterocycles. The van der Waals surface area contributed by atoms with Gasteiger partial charge in [-0.3, -0.25) is 4.79 Å². The van der Waals surface area contributed by atoms with Gasteiger partial charge in [0.1, 0.15) is 0 Å². The number of carbonyl (C=O) groups excluding carboxylic acids is 1. The molecular formula is C8H15FO2. The molecule has 2 nitrogen and oxygen atoms in total. The maximum Gasteiger partial charge on any atom is 0.314 e. The van der Waals surface area contributed by atoms with Gasteiger partial charge in [0.25, 0.3) is 0 Å². The van der Waals surface area contributed by atoms with Crippen LogP contribution in [0.4, 0.5) is 4.39 Å². The second-order valence-corrected chi connectivity index (χ2v) is 3.19. The number of ether oxygens (including phenoxy) is 1. The number of carbonyl (C=O) groups is 1. The molecular weight excluding hydrogens is 147 g/mol. The van der Waals surface area contributed by atoms with Gasteiger partial charge < -0.3 is 4.74 Å². The fraction of sp³-hybridized carbons (Fsp3) is 0.875. The Morgan fingerprint density at radius 3 is 2.36 bits per heavy atom. The lowest BCUT2D eigenvalue weighted by Gasteiger charge is -2.20. The molecule has 0 aromatic carbocycles. The van der Waals surface area contributed by atoms with Crippen LogP contribution < -0.4 is 0 Å². The molecule has 1 atom stereocenters. The quantitative estimate of drug-likeness (QED) is 0.595. The Kier molecular flexibility index (Phi) is 3.49. The van der Waals surface area contributed by atoms with Gasteiger partial charge in [-0.15, -0.1) is 0 Å². The molecule has 0 radical (unpaired) electrons. The van der Waals surface area contributed by atoms with E-state index in [2.05, 4.69) is 4.74 Å². The zero-order valence-electron chi connectivity index (χ0n) is 7.48. The smallest absolute Gasteiger partial charge is 0.314 e. The molecule has 11 heavy (non-hydrogen) atoms. The Morgan fingerprint density at radius 1 is 1.64 bits per heavy atom. The number of esters is 1. The number of hydrogen-bond acceptors (Lipinski definition) is 2. The van der Waals surface area contributed by atoms with E-state index in [0.29, 0.717) is 6.42 Å². The molecule has 0 aliphatic carbocycles. The van der Waals surface area contributed by atoms with Gasteiger partial charge in [-0.25, -0.2) is 4.39 Å². The highest BCUT2D eigenvalue weighted by Crippen LogP contribution is 2.22. The van der Waals surface area contributed by atoms with Crippen LogP contribution in [0.5, 0.6) is 0 Å². The van der Waals surface area contributed by atoms with E-state index in [9.17, 15) is 9.18 Å². The lowest BCUT2D eigenvalue weighted by atomic mass is 9.91. The molecule has 0 saturated carbocycles. The average Bonchev–Trinajstić information content (AvgIpc) is 1.86. The molecule has 0 amide bonds. The van der Waals surface area contributed by atoms with E-state index in [0.717, 1.165) is 0 Å². The maximum absolute atomic E-state index is 12.2. The van der Waals surface area contributed by atoms with Gasteiger partial charge in [0.15, 0.2) is 0 Å². The molecule has 0 N–H and O–H groups in total. The zero-order chi connectivity index (χ0) is 9.07. The van der Waals surface area contributed by atoms with Crippen molar-refractivity contribution in [3.8, 4) is 0 Å². The van der Waals surface area contributed by atoms with E-state index in [4.69, 9.17) is 0 Å². The van der Waals surface area contributed by atoms with Crippen LogP contribution >= 0.6 is 0 Å². The van der Waals surface area contributed by atoms with Crippen molar-refractivity contribution in [2.45, 2.75) is 40.5 Å². The van der Waals surface area contributed by atoms with Crippen LogP contribution in [0.3, 0.4) is 0 Å². The summed E-state index contributed by atoms with van der Waals surface area (Å²) in [6, 6.07) is 0. The lowest BCUT2D eigenvalue weighted by Crippen LogP contribution is -2.27. The summed E-state index contributed by atoms with van der Waals surface area (Å²) in [6.07, 6.45) is -0.855. The van der Waals surface area contributed by atoms with Gasteiger partial charge in [-0.1, -0.05) is 6.92 Å². The summed E-state index contributed by atoms with van der Waals surface area (Å²) in [5.74, 6) is -0.477. The molecule has 0 aromatic rings. The standard InChI is InChI=1S/C8H15FO2/c1-5-8(3,4)7(10)11-6(2)9/h6H,5H2,1-4H3. The van der Waals surface area contributed by atoms with Gasteiger partial charge >= 0.3 is 5.97 Å². The van der Waals surface area contributed by atoms with Crippen LogP contribution in [0.2, 0.25) is 0 Å². The maximum atomic E-state index is 12.2. The summed E-state index contributed by atoms with van der Waals surface area (Å²) in [5, 5.41) is 0. The second-order valence-electron chi connectivity index (χ2n) is 3.19. The van der Waals surface area contributed by atoms with E-state index >= 15 is 0 Å². The number of alkyl halides is 1. The molecule has 1 unspecified atom stereocenters. The largest absolute Gasteiger partial charge is 0.431 e. The molecule has 0 bridgehead atoms. The van der Waals surface area contributed by atoms with Crippen LogP contribution in [-0.2, 0) is 9.53 Å². The zero-order valence-corrected chi connectivity index (χ0v) is 7.48. The lowest BCUT2D eigenvalue weighted by molar-refractivity contribution is -0.166. The van der Waals surface area contributed by atoms with Crippen molar-refractivity contribution in [3.05, 3.63) is 0 Å². The molecule has 0 rings (SSSR count). The van der Waals surface area contributed by atoms with Gasteiger partial charge in [0.05, 0.1) is 5.41 Å². The summed E-state index contributed by atoms with van der Waals surface area (Å²) < 4.78 is 16.6. The third-order valence-electron chi connectivity index (χ3n) is 1.71. The fourth-order valence-corrected chi connectivity index (χ4v) is 0.451. The van der Waals surface area contributed by atoms with Crippen molar-refractivity contribution in [2.75, 3.05) is 0 Å². The molecule has 0 aliphatic rings. The van der Waals surface area contributed by atoms with Gasteiger partial charge in [-0.2, -0.15) is 0 Å². The first kappa shape index (κ1) is 10.4. The number of hydrogen-bond donors (Lipinski definition) is 0. The topological polar surface area (TPSA) is 26.3 Å². The summed E-state index contributed by atoms with van der Waals surface area (Å²) in [6.45, 7) is 6.53. The number of rotatable bonds is 3. The van der Waals surface area contributed by atoms with Crippen LogP contribution in [0, 0.1) is 5.41 Å². The molecule has 0 aromatic heterocycles. The van der Waals surface area contributed by atoms with Gasteiger partial charge in [0, 0.05) is 6.92 Å². The molecule has 66 valence electrons. The number of halogens is 1. The Bertz CT molecular complexity index is 141.